The zero-order valence-corrected chi connectivity index (χ0v) is 6.71. The van der Waals surface area contributed by atoms with E-state index < -0.39 is 0 Å². The van der Waals surface area contributed by atoms with Gasteiger partial charge in [0, 0.05) is 6.42 Å². The first-order valence-electron chi connectivity index (χ1n) is 3.79. The van der Waals surface area contributed by atoms with E-state index in [0.29, 0.717) is 12.8 Å². The van der Waals surface area contributed by atoms with E-state index in [1.54, 1.807) is 0 Å². The van der Waals surface area contributed by atoms with Gasteiger partial charge in [-0.15, -0.1) is 0 Å². The SMILES string of the molecule is C=CC(=O)CC[C@@H]1NCOC1=O. The minimum atomic E-state index is -0.311. The smallest absolute Gasteiger partial charge is 0.324 e. The standard InChI is InChI=1S/C8H11NO3/c1-2-6(10)3-4-7-8(11)12-5-9-7/h2,7,9H,1,3-5H2/t7-/m0/s1. The third kappa shape index (κ3) is 2.17. The van der Waals surface area contributed by atoms with Crippen LogP contribution in [0.1, 0.15) is 12.8 Å². The molecule has 4 heteroatoms. The summed E-state index contributed by atoms with van der Waals surface area (Å²) in [6.45, 7) is 3.59. The number of rotatable bonds is 4. The van der Waals surface area contributed by atoms with Crippen LogP contribution in [0, 0.1) is 0 Å². The van der Waals surface area contributed by atoms with Crippen molar-refractivity contribution >= 4 is 11.8 Å². The number of carbonyl (C=O) groups excluding carboxylic acids is 2. The highest BCUT2D eigenvalue weighted by Crippen LogP contribution is 2.05. The summed E-state index contributed by atoms with van der Waals surface area (Å²) >= 11 is 0. The average Bonchev–Trinajstić information content (AvgIpc) is 2.47. The number of hydrogen-bond acceptors (Lipinski definition) is 4. The van der Waals surface area contributed by atoms with E-state index in [9.17, 15) is 9.59 Å². The van der Waals surface area contributed by atoms with Crippen LogP contribution in [0.2, 0.25) is 0 Å². The van der Waals surface area contributed by atoms with E-state index in [0.717, 1.165) is 0 Å². The Bertz CT molecular complexity index is 212. The van der Waals surface area contributed by atoms with Crippen LogP contribution >= 0.6 is 0 Å². The van der Waals surface area contributed by atoms with Crippen molar-refractivity contribution in [1.29, 1.82) is 0 Å². The number of carbonyl (C=O) groups is 2. The molecule has 0 aromatic rings. The lowest BCUT2D eigenvalue weighted by molar-refractivity contribution is -0.139. The Morgan fingerprint density at radius 1 is 1.83 bits per heavy atom. The zero-order chi connectivity index (χ0) is 8.97. The van der Waals surface area contributed by atoms with Crippen LogP contribution in [0.25, 0.3) is 0 Å². The summed E-state index contributed by atoms with van der Waals surface area (Å²) in [5, 5.41) is 2.83. The molecule has 4 nitrogen and oxygen atoms in total. The number of allylic oxidation sites excluding steroid dienone is 1. The van der Waals surface area contributed by atoms with E-state index in [1.807, 2.05) is 0 Å². The van der Waals surface area contributed by atoms with Gasteiger partial charge >= 0.3 is 5.97 Å². The second-order valence-corrected chi connectivity index (χ2v) is 2.57. The highest BCUT2D eigenvalue weighted by molar-refractivity contribution is 5.89. The normalized spacial score (nSPS) is 22.0. The second kappa shape index (κ2) is 4.01. The van der Waals surface area contributed by atoms with E-state index in [-0.39, 0.29) is 24.5 Å². The molecule has 1 aliphatic rings. The lowest BCUT2D eigenvalue weighted by Gasteiger charge is -2.02. The molecule has 1 fully saturated rings. The van der Waals surface area contributed by atoms with E-state index in [2.05, 4.69) is 16.6 Å². The Balaban J connectivity index is 2.27. The number of ketones is 1. The Morgan fingerprint density at radius 3 is 3.08 bits per heavy atom. The van der Waals surface area contributed by atoms with Crippen molar-refractivity contribution in [2.75, 3.05) is 6.73 Å². The van der Waals surface area contributed by atoms with Crippen LogP contribution in [0.3, 0.4) is 0 Å². The Kier molecular flexibility index (Phi) is 2.99. The lowest BCUT2D eigenvalue weighted by Crippen LogP contribution is -2.27. The molecule has 1 heterocycles. The summed E-state index contributed by atoms with van der Waals surface area (Å²) < 4.78 is 4.64. The van der Waals surface area contributed by atoms with Crippen molar-refractivity contribution in [3.63, 3.8) is 0 Å². The minimum Gasteiger partial charge on any atom is -0.449 e. The lowest BCUT2D eigenvalue weighted by atomic mass is 10.1. The van der Waals surface area contributed by atoms with Crippen molar-refractivity contribution in [2.45, 2.75) is 18.9 Å². The van der Waals surface area contributed by atoms with Crippen LogP contribution in [0.4, 0.5) is 0 Å². The van der Waals surface area contributed by atoms with Crippen molar-refractivity contribution in [2.24, 2.45) is 0 Å². The number of ether oxygens (including phenoxy) is 1. The first kappa shape index (κ1) is 8.93. The number of cyclic esters (lactones) is 1. The van der Waals surface area contributed by atoms with Gasteiger partial charge in [-0.25, -0.2) is 0 Å². The molecule has 1 saturated heterocycles. The summed E-state index contributed by atoms with van der Waals surface area (Å²) in [5.41, 5.74) is 0. The summed E-state index contributed by atoms with van der Waals surface area (Å²) in [6.07, 6.45) is 2.10. The van der Waals surface area contributed by atoms with Crippen molar-refractivity contribution in [3.05, 3.63) is 12.7 Å². The Hall–Kier alpha value is -1.16. The molecule has 0 spiro atoms. The van der Waals surface area contributed by atoms with E-state index in [1.165, 1.54) is 6.08 Å². The first-order chi connectivity index (χ1) is 5.74. The summed E-state index contributed by atoms with van der Waals surface area (Å²) in [5.74, 6) is -0.316. The quantitative estimate of drug-likeness (QED) is 0.475. The molecule has 12 heavy (non-hydrogen) atoms. The average molecular weight is 169 g/mol. The molecule has 1 atom stereocenters. The monoisotopic (exact) mass is 169 g/mol. The summed E-state index contributed by atoms with van der Waals surface area (Å²) in [7, 11) is 0. The number of esters is 1. The van der Waals surface area contributed by atoms with Gasteiger partial charge in [-0.2, -0.15) is 0 Å². The maximum Gasteiger partial charge on any atom is 0.324 e. The molecular formula is C8H11NO3. The molecule has 0 radical (unpaired) electrons. The van der Waals surface area contributed by atoms with Crippen LogP contribution < -0.4 is 5.32 Å². The van der Waals surface area contributed by atoms with Crippen LogP contribution in [0.15, 0.2) is 12.7 Å². The van der Waals surface area contributed by atoms with Crippen LogP contribution in [0.5, 0.6) is 0 Å². The molecule has 0 amide bonds. The molecule has 0 aromatic carbocycles. The van der Waals surface area contributed by atoms with Gasteiger partial charge in [0.15, 0.2) is 5.78 Å². The maximum atomic E-state index is 10.9. The van der Waals surface area contributed by atoms with Gasteiger partial charge in [-0.3, -0.25) is 14.9 Å². The molecule has 66 valence electrons. The summed E-state index contributed by atoms with van der Waals surface area (Å²) in [6, 6.07) is -0.311. The molecule has 0 saturated carbocycles. The predicted molar refractivity (Wildman–Crippen MR) is 42.3 cm³/mol. The van der Waals surface area contributed by atoms with Gasteiger partial charge in [-0.05, 0) is 12.5 Å². The van der Waals surface area contributed by atoms with Crippen molar-refractivity contribution in [3.8, 4) is 0 Å². The first-order valence-corrected chi connectivity index (χ1v) is 3.79. The van der Waals surface area contributed by atoms with Crippen molar-refractivity contribution in [1.82, 2.24) is 5.32 Å². The largest absolute Gasteiger partial charge is 0.449 e. The highest BCUT2D eigenvalue weighted by atomic mass is 16.6. The zero-order valence-electron chi connectivity index (χ0n) is 6.71. The number of nitrogens with one attached hydrogen (secondary N) is 1. The predicted octanol–water partition coefficient (Wildman–Crippen LogP) is -0.00580. The molecule has 1 N–H and O–H groups in total. The molecule has 0 aliphatic carbocycles. The third-order valence-electron chi connectivity index (χ3n) is 1.74. The van der Waals surface area contributed by atoms with Crippen molar-refractivity contribution < 1.29 is 14.3 Å². The Labute approximate surface area is 70.6 Å². The molecule has 0 bridgehead atoms. The molecule has 1 aliphatic heterocycles. The summed E-state index contributed by atoms with van der Waals surface area (Å²) in [4.78, 5) is 21.6. The fourth-order valence-electron chi connectivity index (χ4n) is 1.01. The second-order valence-electron chi connectivity index (χ2n) is 2.57. The topological polar surface area (TPSA) is 55.4 Å². The fourth-order valence-corrected chi connectivity index (χ4v) is 1.01. The van der Waals surface area contributed by atoms with E-state index >= 15 is 0 Å². The van der Waals surface area contributed by atoms with Crippen LogP contribution in [-0.2, 0) is 14.3 Å². The fraction of sp³-hybridized carbons (Fsp3) is 0.500. The molecular weight excluding hydrogens is 158 g/mol. The van der Waals surface area contributed by atoms with Gasteiger partial charge in [-0.1, -0.05) is 6.58 Å². The maximum absolute atomic E-state index is 10.9. The minimum absolute atomic E-state index is 0.0449. The third-order valence-corrected chi connectivity index (χ3v) is 1.74. The molecule has 0 unspecified atom stereocenters. The van der Waals surface area contributed by atoms with Gasteiger partial charge in [0.25, 0.3) is 0 Å². The van der Waals surface area contributed by atoms with Gasteiger partial charge in [0.1, 0.15) is 12.8 Å². The van der Waals surface area contributed by atoms with Gasteiger partial charge < -0.3 is 4.74 Å². The molecule has 1 rings (SSSR count). The highest BCUT2D eigenvalue weighted by Gasteiger charge is 2.25. The molecule has 0 aromatic heterocycles. The van der Waals surface area contributed by atoms with Gasteiger partial charge in [0.2, 0.25) is 0 Å². The van der Waals surface area contributed by atoms with Gasteiger partial charge in [0.05, 0.1) is 0 Å². The van der Waals surface area contributed by atoms with Crippen LogP contribution in [-0.4, -0.2) is 24.5 Å². The van der Waals surface area contributed by atoms with E-state index in [4.69, 9.17) is 0 Å². The number of hydrogen-bond donors (Lipinski definition) is 1. The Morgan fingerprint density at radius 2 is 2.58 bits per heavy atom.